The first-order valence-corrected chi connectivity index (χ1v) is 7.22. The van der Waals surface area contributed by atoms with Gasteiger partial charge in [-0.1, -0.05) is 0 Å². The number of ether oxygens (including phenoxy) is 1. The van der Waals surface area contributed by atoms with Gasteiger partial charge in [0.25, 0.3) is 0 Å². The van der Waals surface area contributed by atoms with E-state index in [-0.39, 0.29) is 11.7 Å². The molecule has 2 saturated heterocycles. The Morgan fingerprint density at radius 1 is 1.62 bits per heavy atom. The molecule has 3 rings (SSSR count). The van der Waals surface area contributed by atoms with Crippen molar-refractivity contribution in [1.82, 2.24) is 9.88 Å². The van der Waals surface area contributed by atoms with Gasteiger partial charge < -0.3 is 20.9 Å². The predicted molar refractivity (Wildman–Crippen MR) is 78.4 cm³/mol. The predicted octanol–water partition coefficient (Wildman–Crippen LogP) is 0.637. The average molecular weight is 292 g/mol. The van der Waals surface area contributed by atoms with Gasteiger partial charge in [0.2, 0.25) is 0 Å². The number of carbonyl (C=O) groups is 1. The lowest BCUT2D eigenvalue weighted by Gasteiger charge is -2.35. The number of morpholine rings is 1. The van der Waals surface area contributed by atoms with Crippen LogP contribution in [0.5, 0.6) is 0 Å². The highest BCUT2D eigenvalue weighted by Gasteiger charge is 2.32. The van der Waals surface area contributed by atoms with Crippen LogP contribution in [0, 0.1) is 0 Å². The van der Waals surface area contributed by atoms with Crippen molar-refractivity contribution < 1.29 is 14.6 Å². The van der Waals surface area contributed by atoms with E-state index >= 15 is 0 Å². The van der Waals surface area contributed by atoms with Crippen LogP contribution < -0.4 is 11.1 Å². The van der Waals surface area contributed by atoms with E-state index in [9.17, 15) is 4.79 Å². The molecule has 0 radical (unpaired) electrons. The van der Waals surface area contributed by atoms with E-state index in [4.69, 9.17) is 15.6 Å². The number of fused-ring (bicyclic) bond motifs is 1. The zero-order valence-corrected chi connectivity index (χ0v) is 11.8. The molecule has 7 heteroatoms. The summed E-state index contributed by atoms with van der Waals surface area (Å²) in [5.41, 5.74) is 6.25. The van der Waals surface area contributed by atoms with Crippen LogP contribution in [-0.4, -0.2) is 59.3 Å². The second-order valence-electron chi connectivity index (χ2n) is 5.59. The molecule has 0 aliphatic carbocycles. The number of carboxylic acids is 1. The molecular formula is C14H20N4O3. The number of nitrogens with zero attached hydrogens (tertiary/aromatic N) is 2. The summed E-state index contributed by atoms with van der Waals surface area (Å²) in [4.78, 5) is 17.4. The van der Waals surface area contributed by atoms with Crippen molar-refractivity contribution in [3.63, 3.8) is 0 Å². The maximum Gasteiger partial charge on any atom is 0.337 e. The summed E-state index contributed by atoms with van der Waals surface area (Å²) in [5, 5.41) is 12.0. The van der Waals surface area contributed by atoms with Gasteiger partial charge in [-0.2, -0.15) is 0 Å². The first-order chi connectivity index (χ1) is 10.1. The van der Waals surface area contributed by atoms with Crippen molar-refractivity contribution in [2.45, 2.75) is 25.0 Å². The molecule has 4 N–H and O–H groups in total. The molecule has 2 aliphatic heterocycles. The van der Waals surface area contributed by atoms with Crippen LogP contribution >= 0.6 is 0 Å². The van der Waals surface area contributed by atoms with Crippen molar-refractivity contribution in [1.29, 1.82) is 0 Å². The molecule has 2 fully saturated rings. The molecular weight excluding hydrogens is 272 g/mol. The molecule has 7 nitrogen and oxygen atoms in total. The number of nitrogens with two attached hydrogens (primary N) is 1. The fourth-order valence-corrected chi connectivity index (χ4v) is 2.97. The Balaban J connectivity index is 1.56. The molecule has 1 aromatic heterocycles. The van der Waals surface area contributed by atoms with Crippen LogP contribution in [0.2, 0.25) is 0 Å². The van der Waals surface area contributed by atoms with Gasteiger partial charge in [0.1, 0.15) is 5.82 Å². The monoisotopic (exact) mass is 292 g/mol. The summed E-state index contributed by atoms with van der Waals surface area (Å²) in [6, 6.07) is 2.00. The molecule has 1 aromatic rings. The van der Waals surface area contributed by atoms with Gasteiger partial charge in [-0.25, -0.2) is 9.78 Å². The van der Waals surface area contributed by atoms with Gasteiger partial charge >= 0.3 is 5.97 Å². The maximum atomic E-state index is 10.8. The van der Waals surface area contributed by atoms with E-state index in [1.807, 2.05) is 0 Å². The Bertz CT molecular complexity index is 537. The lowest BCUT2D eigenvalue weighted by Crippen LogP contribution is -2.48. The summed E-state index contributed by atoms with van der Waals surface area (Å²) < 4.78 is 5.85. The molecule has 21 heavy (non-hydrogen) atoms. The third kappa shape index (κ3) is 3.08. The van der Waals surface area contributed by atoms with Crippen LogP contribution in [0.15, 0.2) is 12.3 Å². The highest BCUT2D eigenvalue weighted by molar-refractivity contribution is 5.89. The van der Waals surface area contributed by atoms with Crippen LogP contribution in [-0.2, 0) is 4.74 Å². The fourth-order valence-electron chi connectivity index (χ4n) is 2.97. The number of aromatic carboxylic acids is 1. The number of nitrogen functional groups attached to an aromatic ring is 1. The van der Waals surface area contributed by atoms with Crippen LogP contribution in [0.1, 0.15) is 23.2 Å². The topological polar surface area (TPSA) is 101 Å². The second kappa shape index (κ2) is 5.87. The molecule has 0 spiro atoms. The van der Waals surface area contributed by atoms with Crippen molar-refractivity contribution >= 4 is 17.5 Å². The van der Waals surface area contributed by atoms with E-state index in [1.54, 1.807) is 0 Å². The van der Waals surface area contributed by atoms with Crippen LogP contribution in [0.3, 0.4) is 0 Å². The Labute approximate surface area is 123 Å². The number of anilines is 2. The molecule has 2 unspecified atom stereocenters. The van der Waals surface area contributed by atoms with E-state index in [0.29, 0.717) is 24.1 Å². The summed E-state index contributed by atoms with van der Waals surface area (Å²) in [7, 11) is 0. The first-order valence-electron chi connectivity index (χ1n) is 7.22. The average Bonchev–Trinajstić information content (AvgIpc) is 2.93. The largest absolute Gasteiger partial charge is 0.478 e. The Hall–Kier alpha value is -1.86. The standard InChI is InChI=1S/C14H20N4O3/c15-12-4-9(14(19)20)5-16-13(12)17-6-11-7-18-3-1-2-10(18)8-21-11/h4-5,10-11H,1-3,6-8,15H2,(H,16,17)(H,19,20). The minimum Gasteiger partial charge on any atom is -0.478 e. The third-order valence-electron chi connectivity index (χ3n) is 4.12. The minimum atomic E-state index is -1.03. The Morgan fingerprint density at radius 3 is 3.24 bits per heavy atom. The highest BCUT2D eigenvalue weighted by Crippen LogP contribution is 2.23. The highest BCUT2D eigenvalue weighted by atomic mass is 16.5. The SMILES string of the molecule is Nc1cc(C(=O)O)cnc1NCC1CN2CCCC2CO1. The van der Waals surface area contributed by atoms with Crippen molar-refractivity contribution in [2.75, 3.05) is 37.3 Å². The van der Waals surface area contributed by atoms with Crippen LogP contribution in [0.25, 0.3) is 0 Å². The number of aromatic nitrogens is 1. The lowest BCUT2D eigenvalue weighted by molar-refractivity contribution is -0.0415. The van der Waals surface area contributed by atoms with E-state index in [2.05, 4.69) is 15.2 Å². The normalized spacial score (nSPS) is 25.5. The van der Waals surface area contributed by atoms with Gasteiger partial charge in [0.15, 0.2) is 0 Å². The van der Waals surface area contributed by atoms with Crippen molar-refractivity contribution in [3.05, 3.63) is 17.8 Å². The number of pyridine rings is 1. The Morgan fingerprint density at radius 2 is 2.48 bits per heavy atom. The quantitative estimate of drug-likeness (QED) is 0.748. The fraction of sp³-hybridized carbons (Fsp3) is 0.571. The van der Waals surface area contributed by atoms with Gasteiger partial charge in [-0.3, -0.25) is 4.90 Å². The molecule has 0 bridgehead atoms. The molecule has 2 aliphatic rings. The number of rotatable bonds is 4. The summed E-state index contributed by atoms with van der Waals surface area (Å²) in [5.74, 6) is -0.524. The third-order valence-corrected chi connectivity index (χ3v) is 4.12. The van der Waals surface area contributed by atoms with E-state index in [0.717, 1.165) is 19.7 Å². The van der Waals surface area contributed by atoms with Gasteiger partial charge in [-0.15, -0.1) is 0 Å². The van der Waals surface area contributed by atoms with Crippen molar-refractivity contribution in [3.8, 4) is 0 Å². The number of carboxylic acid groups (broad SMARTS) is 1. The van der Waals surface area contributed by atoms with Gasteiger partial charge in [0, 0.05) is 25.3 Å². The molecule has 0 saturated carbocycles. The summed E-state index contributed by atoms with van der Waals surface area (Å²) >= 11 is 0. The molecule has 3 heterocycles. The molecule has 0 amide bonds. The summed E-state index contributed by atoms with van der Waals surface area (Å²) in [6.07, 6.45) is 3.89. The van der Waals surface area contributed by atoms with E-state index < -0.39 is 5.97 Å². The van der Waals surface area contributed by atoms with Gasteiger partial charge in [-0.05, 0) is 25.5 Å². The van der Waals surface area contributed by atoms with Crippen LogP contribution in [0.4, 0.5) is 11.5 Å². The smallest absolute Gasteiger partial charge is 0.337 e. The number of hydrogen-bond donors (Lipinski definition) is 3. The van der Waals surface area contributed by atoms with Gasteiger partial charge in [0.05, 0.1) is 24.0 Å². The zero-order valence-electron chi connectivity index (χ0n) is 11.8. The molecule has 2 atom stereocenters. The summed E-state index contributed by atoms with van der Waals surface area (Å²) in [6.45, 7) is 3.48. The first kappa shape index (κ1) is 14.1. The maximum absolute atomic E-state index is 10.8. The second-order valence-corrected chi connectivity index (χ2v) is 5.59. The van der Waals surface area contributed by atoms with E-state index in [1.165, 1.54) is 25.1 Å². The Kier molecular flexibility index (Phi) is 3.94. The van der Waals surface area contributed by atoms with Crippen molar-refractivity contribution in [2.24, 2.45) is 0 Å². The number of hydrogen-bond acceptors (Lipinski definition) is 6. The molecule has 0 aromatic carbocycles. The number of nitrogens with one attached hydrogen (secondary N) is 1. The minimum absolute atomic E-state index is 0.0897. The zero-order chi connectivity index (χ0) is 14.8. The lowest BCUT2D eigenvalue weighted by atomic mass is 10.2. The molecule has 114 valence electrons.